The smallest absolute Gasteiger partial charge is 0.187 e. The minimum atomic E-state index is -1.59. The van der Waals surface area contributed by atoms with Gasteiger partial charge in [-0.15, -0.1) is 0 Å². The zero-order valence-corrected chi connectivity index (χ0v) is 35.3. The lowest BCUT2D eigenvalue weighted by Gasteiger charge is -2.67. The van der Waals surface area contributed by atoms with Crippen molar-refractivity contribution in [3.05, 3.63) is 23.3 Å². The average molecular weight is 813 g/mol. The van der Waals surface area contributed by atoms with Gasteiger partial charge in [0, 0.05) is 18.4 Å². The number of hydrogen-bond donors (Lipinski definition) is 9. The zero-order valence-electron chi connectivity index (χ0n) is 35.3. The van der Waals surface area contributed by atoms with Crippen LogP contribution in [0.4, 0.5) is 0 Å². The number of aliphatic hydroxyl groups is 9. The molecule has 14 heteroatoms. The highest BCUT2D eigenvalue weighted by Crippen LogP contribution is 2.75. The number of allylic oxidation sites excluding steroid dienone is 1. The van der Waals surface area contributed by atoms with Crippen LogP contribution in [-0.2, 0) is 23.7 Å². The summed E-state index contributed by atoms with van der Waals surface area (Å²) in [5, 5.41) is 94.9. The quantitative estimate of drug-likeness (QED) is 0.135. The number of fused-ring (bicyclic) bond motifs is 5. The lowest BCUT2D eigenvalue weighted by Crippen LogP contribution is -2.64. The van der Waals surface area contributed by atoms with Gasteiger partial charge in [0.25, 0.3) is 0 Å². The zero-order chi connectivity index (χ0) is 42.2. The van der Waals surface area contributed by atoms with E-state index < -0.39 is 92.2 Å². The van der Waals surface area contributed by atoms with Crippen molar-refractivity contribution in [1.82, 2.24) is 0 Å². The molecule has 0 bridgehead atoms. The van der Waals surface area contributed by atoms with Crippen molar-refractivity contribution in [2.24, 2.45) is 45.3 Å². The molecular weight excluding hydrogens is 740 g/mol. The third-order valence-corrected chi connectivity index (χ3v) is 16.4. The molecule has 2 heterocycles. The number of rotatable bonds is 11. The SMILES string of the molecule is COC1C=C2C(CCC(OC3OC(CO)C(O)C(O)C3O)C2(C)C)C2(C)CCC3(C)C(C(C)C(O)C(C=C(C)C)OC4OC(CO)C(O)C(O)C4O)CCC3(C)C12. The summed E-state index contributed by atoms with van der Waals surface area (Å²) in [4.78, 5) is 0. The minimum absolute atomic E-state index is 0.107. The molecule has 0 spiro atoms. The van der Waals surface area contributed by atoms with Gasteiger partial charge in [0.15, 0.2) is 12.6 Å². The van der Waals surface area contributed by atoms with Crippen LogP contribution in [0.3, 0.4) is 0 Å². The molecule has 0 radical (unpaired) electrons. The molecule has 57 heavy (non-hydrogen) atoms. The molecule has 21 atom stereocenters. The molecular formula is C43H72O14. The summed E-state index contributed by atoms with van der Waals surface area (Å²) in [5.41, 5.74) is 1.16. The van der Waals surface area contributed by atoms with Crippen LogP contribution in [0.2, 0.25) is 0 Å². The van der Waals surface area contributed by atoms with E-state index in [-0.39, 0.29) is 52.1 Å². The van der Waals surface area contributed by atoms with E-state index in [0.717, 1.165) is 37.7 Å². The highest BCUT2D eigenvalue weighted by atomic mass is 16.7. The second kappa shape index (κ2) is 16.7. The Labute approximate surface area is 337 Å². The fourth-order valence-corrected chi connectivity index (χ4v) is 12.8. The predicted molar refractivity (Wildman–Crippen MR) is 207 cm³/mol. The monoisotopic (exact) mass is 812 g/mol. The van der Waals surface area contributed by atoms with Gasteiger partial charge in [-0.05, 0) is 86.4 Å². The van der Waals surface area contributed by atoms with Gasteiger partial charge in [-0.1, -0.05) is 64.8 Å². The molecule has 6 aliphatic rings. The first kappa shape index (κ1) is 45.4. The standard InChI is InChI=1S/C43H72O14/c1-20(2)16-25(54-38-35(51)33(49)31(47)27(18-44)55-38)30(46)21(3)22-12-13-43(8)37-26(53-9)17-24-23(41(37,6)14-15-42(22,43)7)10-11-29(40(24,4)5)57-39-36(52)34(50)32(48)28(19-45)56-39/h16-17,21-23,25-39,44-52H,10-15,18-19H2,1-9H3. The van der Waals surface area contributed by atoms with Gasteiger partial charge >= 0.3 is 0 Å². The van der Waals surface area contributed by atoms with Crippen LogP contribution >= 0.6 is 0 Å². The van der Waals surface area contributed by atoms with Crippen LogP contribution in [-0.4, -0.2) is 152 Å². The highest BCUT2D eigenvalue weighted by Gasteiger charge is 2.70. The molecule has 14 nitrogen and oxygen atoms in total. The Morgan fingerprint density at radius 3 is 1.93 bits per heavy atom. The fourth-order valence-electron chi connectivity index (χ4n) is 12.8. The molecule has 4 aliphatic carbocycles. The molecule has 0 amide bonds. The van der Waals surface area contributed by atoms with Crippen molar-refractivity contribution in [2.45, 2.75) is 180 Å². The van der Waals surface area contributed by atoms with E-state index in [1.54, 1.807) is 13.2 Å². The Morgan fingerprint density at radius 2 is 1.37 bits per heavy atom. The summed E-state index contributed by atoms with van der Waals surface area (Å²) < 4.78 is 30.6. The Hall–Kier alpha value is -1.08. The van der Waals surface area contributed by atoms with Crippen molar-refractivity contribution in [2.75, 3.05) is 20.3 Å². The lowest BCUT2D eigenvalue weighted by atomic mass is 9.38. The van der Waals surface area contributed by atoms with Gasteiger partial charge in [0.05, 0.1) is 31.5 Å². The lowest BCUT2D eigenvalue weighted by molar-refractivity contribution is -0.320. The normalized spacial score (nSPS) is 49.8. The van der Waals surface area contributed by atoms with Gasteiger partial charge in [-0.25, -0.2) is 0 Å². The maximum Gasteiger partial charge on any atom is 0.187 e. The second-order valence-corrected chi connectivity index (χ2v) is 19.9. The predicted octanol–water partition coefficient (Wildman–Crippen LogP) is 1.55. The minimum Gasteiger partial charge on any atom is -0.394 e. The molecule has 0 aromatic carbocycles. The Balaban J connectivity index is 1.25. The third-order valence-electron chi connectivity index (χ3n) is 16.4. The third kappa shape index (κ3) is 7.43. The first-order valence-electron chi connectivity index (χ1n) is 21.1. The van der Waals surface area contributed by atoms with Gasteiger partial charge in [-0.2, -0.15) is 0 Å². The van der Waals surface area contributed by atoms with Crippen molar-refractivity contribution in [3.63, 3.8) is 0 Å². The van der Waals surface area contributed by atoms with Crippen molar-refractivity contribution >= 4 is 0 Å². The highest BCUT2D eigenvalue weighted by molar-refractivity contribution is 5.33. The molecule has 21 unspecified atom stereocenters. The van der Waals surface area contributed by atoms with E-state index in [4.69, 9.17) is 23.7 Å². The summed E-state index contributed by atoms with van der Waals surface area (Å²) in [7, 11) is 1.77. The summed E-state index contributed by atoms with van der Waals surface area (Å²) in [6.07, 6.45) is -7.08. The van der Waals surface area contributed by atoms with Crippen LogP contribution in [0.5, 0.6) is 0 Å². The molecule has 9 N–H and O–H groups in total. The van der Waals surface area contributed by atoms with Gasteiger partial charge in [-0.3, -0.25) is 0 Å². The molecule has 0 aromatic heterocycles. The molecule has 6 rings (SSSR count). The van der Waals surface area contributed by atoms with E-state index >= 15 is 0 Å². The van der Waals surface area contributed by atoms with Crippen LogP contribution in [0.15, 0.2) is 23.3 Å². The molecule has 5 fully saturated rings. The second-order valence-electron chi connectivity index (χ2n) is 19.9. The maximum absolute atomic E-state index is 12.2. The van der Waals surface area contributed by atoms with E-state index in [0.29, 0.717) is 6.42 Å². The Bertz CT molecular complexity index is 1460. The Morgan fingerprint density at radius 1 is 0.789 bits per heavy atom. The van der Waals surface area contributed by atoms with E-state index in [2.05, 4.69) is 47.6 Å². The van der Waals surface area contributed by atoms with Gasteiger partial charge in [0.1, 0.15) is 54.9 Å². The number of aliphatic hydroxyl groups excluding tert-OH is 9. The van der Waals surface area contributed by atoms with E-state index in [1.165, 1.54) is 5.57 Å². The summed E-state index contributed by atoms with van der Waals surface area (Å²) in [6, 6.07) is 0. The number of hydrogen-bond acceptors (Lipinski definition) is 14. The van der Waals surface area contributed by atoms with Crippen LogP contribution in [0.1, 0.15) is 93.9 Å². The van der Waals surface area contributed by atoms with Crippen molar-refractivity contribution < 1.29 is 69.6 Å². The summed E-state index contributed by atoms with van der Waals surface area (Å²) in [5.74, 6) is 0.261. The summed E-state index contributed by atoms with van der Waals surface area (Å²) >= 11 is 0. The fraction of sp³-hybridized carbons (Fsp3) is 0.907. The molecule has 2 aliphatic heterocycles. The maximum atomic E-state index is 12.2. The van der Waals surface area contributed by atoms with Crippen LogP contribution in [0.25, 0.3) is 0 Å². The van der Waals surface area contributed by atoms with Crippen LogP contribution in [0, 0.1) is 45.3 Å². The topological polar surface area (TPSA) is 228 Å². The van der Waals surface area contributed by atoms with Crippen molar-refractivity contribution in [1.29, 1.82) is 0 Å². The van der Waals surface area contributed by atoms with Crippen LogP contribution < -0.4 is 0 Å². The van der Waals surface area contributed by atoms with E-state index in [9.17, 15) is 46.0 Å². The van der Waals surface area contributed by atoms with E-state index in [1.807, 2.05) is 13.8 Å². The largest absolute Gasteiger partial charge is 0.394 e. The first-order valence-corrected chi connectivity index (χ1v) is 21.1. The molecule has 0 aromatic rings. The molecule has 2 saturated heterocycles. The molecule has 328 valence electrons. The summed E-state index contributed by atoms with van der Waals surface area (Å²) in [6.45, 7) is 16.3. The number of ether oxygens (including phenoxy) is 5. The van der Waals surface area contributed by atoms with Crippen molar-refractivity contribution in [3.8, 4) is 0 Å². The molecule has 3 saturated carbocycles. The average Bonchev–Trinajstić information content (AvgIpc) is 3.44. The first-order chi connectivity index (χ1) is 26.6. The van der Waals surface area contributed by atoms with Gasteiger partial charge in [0.2, 0.25) is 0 Å². The van der Waals surface area contributed by atoms with Gasteiger partial charge < -0.3 is 69.6 Å². The number of methoxy groups -OCH3 is 1. The Kier molecular flexibility index (Phi) is 13.3.